The first-order valence-electron chi connectivity index (χ1n) is 7.50. The van der Waals surface area contributed by atoms with Crippen molar-refractivity contribution in [2.24, 2.45) is 5.10 Å². The molecule has 0 aromatic heterocycles. The standard InChI is InChI=1S/C18H18N4O2/c1-2-24-17-9-7-16(8-10-17)20-13-18(23)22-21-12-15-5-3-14(11-19)4-6-15/h3-10,12,20H,2,13H2,1H3,(H,22,23). The van der Waals surface area contributed by atoms with Crippen LogP contribution in [0.2, 0.25) is 0 Å². The zero-order chi connectivity index (χ0) is 17.2. The van der Waals surface area contributed by atoms with Gasteiger partial charge in [0.15, 0.2) is 0 Å². The summed E-state index contributed by atoms with van der Waals surface area (Å²) in [6.45, 7) is 2.65. The van der Waals surface area contributed by atoms with E-state index in [0.29, 0.717) is 12.2 Å². The molecule has 2 aromatic rings. The molecule has 0 aliphatic rings. The third-order valence-electron chi connectivity index (χ3n) is 3.06. The third-order valence-corrected chi connectivity index (χ3v) is 3.06. The Bertz CT molecular complexity index is 731. The van der Waals surface area contributed by atoms with Gasteiger partial charge in [0.1, 0.15) is 5.75 Å². The first kappa shape index (κ1) is 17.0. The van der Waals surface area contributed by atoms with Gasteiger partial charge in [0.05, 0.1) is 31.0 Å². The zero-order valence-corrected chi connectivity index (χ0v) is 13.3. The van der Waals surface area contributed by atoms with E-state index < -0.39 is 0 Å². The summed E-state index contributed by atoms with van der Waals surface area (Å²) in [6.07, 6.45) is 1.52. The average molecular weight is 322 g/mol. The van der Waals surface area contributed by atoms with E-state index >= 15 is 0 Å². The molecule has 1 amide bonds. The van der Waals surface area contributed by atoms with Crippen LogP contribution in [-0.4, -0.2) is 25.3 Å². The van der Waals surface area contributed by atoms with Crippen molar-refractivity contribution in [1.82, 2.24) is 5.43 Å². The molecular formula is C18H18N4O2. The molecule has 2 N–H and O–H groups in total. The van der Waals surface area contributed by atoms with Crippen molar-refractivity contribution in [3.05, 3.63) is 59.7 Å². The highest BCUT2D eigenvalue weighted by atomic mass is 16.5. The molecule has 0 radical (unpaired) electrons. The molecule has 2 aromatic carbocycles. The number of hydrogen-bond acceptors (Lipinski definition) is 5. The van der Waals surface area contributed by atoms with Crippen molar-refractivity contribution in [3.63, 3.8) is 0 Å². The minimum absolute atomic E-state index is 0.110. The summed E-state index contributed by atoms with van der Waals surface area (Å²) in [7, 11) is 0. The van der Waals surface area contributed by atoms with Crippen LogP contribution in [-0.2, 0) is 4.79 Å². The predicted molar refractivity (Wildman–Crippen MR) is 93.0 cm³/mol. The van der Waals surface area contributed by atoms with Crippen molar-refractivity contribution >= 4 is 17.8 Å². The van der Waals surface area contributed by atoms with Crippen LogP contribution in [0.4, 0.5) is 5.69 Å². The van der Waals surface area contributed by atoms with Crippen LogP contribution in [0.25, 0.3) is 0 Å². The molecule has 0 spiro atoms. The second-order valence-corrected chi connectivity index (χ2v) is 4.84. The Morgan fingerprint density at radius 3 is 2.54 bits per heavy atom. The van der Waals surface area contributed by atoms with Gasteiger partial charge in [0.25, 0.3) is 5.91 Å². The third kappa shape index (κ3) is 5.46. The monoisotopic (exact) mass is 322 g/mol. The highest BCUT2D eigenvalue weighted by Gasteiger charge is 2.00. The number of ether oxygens (including phenoxy) is 1. The number of nitrogens with zero attached hydrogens (tertiary/aromatic N) is 2. The SMILES string of the molecule is CCOc1ccc(NCC(=O)NN=Cc2ccc(C#N)cc2)cc1. The number of nitriles is 1. The smallest absolute Gasteiger partial charge is 0.259 e. The summed E-state index contributed by atoms with van der Waals surface area (Å²) in [4.78, 5) is 11.7. The van der Waals surface area contributed by atoms with Crippen molar-refractivity contribution in [1.29, 1.82) is 5.26 Å². The second kappa shape index (κ2) is 8.96. The van der Waals surface area contributed by atoms with Crippen molar-refractivity contribution < 1.29 is 9.53 Å². The number of hydrogen-bond donors (Lipinski definition) is 2. The summed E-state index contributed by atoms with van der Waals surface area (Å²) in [5.74, 6) is 0.535. The molecule has 0 atom stereocenters. The van der Waals surface area contributed by atoms with E-state index in [2.05, 4.69) is 15.8 Å². The fourth-order valence-electron chi connectivity index (χ4n) is 1.88. The summed E-state index contributed by atoms with van der Waals surface area (Å²) >= 11 is 0. The Morgan fingerprint density at radius 1 is 1.21 bits per heavy atom. The summed E-state index contributed by atoms with van der Waals surface area (Å²) < 4.78 is 5.35. The van der Waals surface area contributed by atoms with Gasteiger partial charge in [-0.15, -0.1) is 0 Å². The topological polar surface area (TPSA) is 86.5 Å². The molecule has 6 heteroatoms. The molecule has 0 saturated heterocycles. The Kier molecular flexibility index (Phi) is 6.35. The van der Waals surface area contributed by atoms with Gasteiger partial charge in [0.2, 0.25) is 0 Å². The maximum Gasteiger partial charge on any atom is 0.259 e. The first-order valence-corrected chi connectivity index (χ1v) is 7.50. The molecule has 0 aliphatic heterocycles. The molecular weight excluding hydrogens is 304 g/mol. The van der Waals surface area contributed by atoms with Crippen molar-refractivity contribution in [2.45, 2.75) is 6.92 Å². The number of rotatable bonds is 7. The van der Waals surface area contributed by atoms with Crippen molar-refractivity contribution in [3.8, 4) is 11.8 Å². The molecule has 0 heterocycles. The summed E-state index contributed by atoms with van der Waals surface area (Å²) in [5, 5.41) is 15.6. The lowest BCUT2D eigenvalue weighted by atomic mass is 10.2. The Hall–Kier alpha value is -3.33. The molecule has 24 heavy (non-hydrogen) atoms. The number of benzene rings is 2. The zero-order valence-electron chi connectivity index (χ0n) is 13.3. The van der Waals surface area contributed by atoms with E-state index in [1.54, 1.807) is 24.3 Å². The van der Waals surface area contributed by atoms with Gasteiger partial charge in [-0.2, -0.15) is 10.4 Å². The van der Waals surface area contributed by atoms with Crippen LogP contribution in [0.1, 0.15) is 18.1 Å². The van der Waals surface area contributed by atoms with Crippen LogP contribution >= 0.6 is 0 Å². The molecule has 6 nitrogen and oxygen atoms in total. The minimum Gasteiger partial charge on any atom is -0.494 e. The van der Waals surface area contributed by atoms with Gasteiger partial charge >= 0.3 is 0 Å². The van der Waals surface area contributed by atoms with Gasteiger partial charge in [-0.05, 0) is 48.9 Å². The second-order valence-electron chi connectivity index (χ2n) is 4.84. The molecule has 0 bridgehead atoms. The van der Waals surface area contributed by atoms with Gasteiger partial charge in [-0.1, -0.05) is 12.1 Å². The van der Waals surface area contributed by atoms with E-state index in [9.17, 15) is 4.79 Å². The van der Waals surface area contributed by atoms with Crippen LogP contribution < -0.4 is 15.5 Å². The van der Waals surface area contributed by atoms with Gasteiger partial charge in [0, 0.05) is 5.69 Å². The fourth-order valence-corrected chi connectivity index (χ4v) is 1.88. The number of carbonyl (C=O) groups is 1. The quantitative estimate of drug-likeness (QED) is 0.606. The molecule has 0 aliphatic carbocycles. The Balaban J connectivity index is 1.76. The van der Waals surface area contributed by atoms with E-state index in [1.807, 2.05) is 37.3 Å². The van der Waals surface area contributed by atoms with Crippen LogP contribution in [0.5, 0.6) is 5.75 Å². The predicted octanol–water partition coefficient (Wildman–Crippen LogP) is 2.52. The van der Waals surface area contributed by atoms with Gasteiger partial charge in [-0.3, -0.25) is 4.79 Å². The normalized spacial score (nSPS) is 10.2. The molecule has 2 rings (SSSR count). The minimum atomic E-state index is -0.256. The number of nitrogens with one attached hydrogen (secondary N) is 2. The average Bonchev–Trinajstić information content (AvgIpc) is 2.62. The van der Waals surface area contributed by atoms with E-state index in [0.717, 1.165) is 17.0 Å². The number of amides is 1. The molecule has 0 saturated carbocycles. The lowest BCUT2D eigenvalue weighted by Gasteiger charge is -2.07. The first-order chi connectivity index (χ1) is 11.7. The van der Waals surface area contributed by atoms with Crippen molar-refractivity contribution in [2.75, 3.05) is 18.5 Å². The summed E-state index contributed by atoms with van der Waals surface area (Å²) in [5.41, 5.74) is 4.64. The van der Waals surface area contributed by atoms with Crippen LogP contribution in [0, 0.1) is 11.3 Å². The highest BCUT2D eigenvalue weighted by molar-refractivity contribution is 5.84. The molecule has 0 unspecified atom stereocenters. The molecule has 122 valence electrons. The Labute approximate surface area is 140 Å². The Morgan fingerprint density at radius 2 is 1.92 bits per heavy atom. The molecule has 0 fully saturated rings. The number of anilines is 1. The lowest BCUT2D eigenvalue weighted by Crippen LogP contribution is -2.25. The number of carbonyl (C=O) groups excluding carboxylic acids is 1. The van der Waals surface area contributed by atoms with E-state index in [1.165, 1.54) is 6.21 Å². The largest absolute Gasteiger partial charge is 0.494 e. The van der Waals surface area contributed by atoms with Crippen LogP contribution in [0.3, 0.4) is 0 Å². The maximum absolute atomic E-state index is 11.7. The van der Waals surface area contributed by atoms with Gasteiger partial charge in [-0.25, -0.2) is 5.43 Å². The number of hydrazone groups is 1. The lowest BCUT2D eigenvalue weighted by molar-refractivity contribution is -0.119. The van der Waals surface area contributed by atoms with Gasteiger partial charge < -0.3 is 10.1 Å². The summed E-state index contributed by atoms with van der Waals surface area (Å²) in [6, 6.07) is 16.3. The van der Waals surface area contributed by atoms with E-state index in [4.69, 9.17) is 10.00 Å². The maximum atomic E-state index is 11.7. The van der Waals surface area contributed by atoms with Crippen LogP contribution in [0.15, 0.2) is 53.6 Å². The highest BCUT2D eigenvalue weighted by Crippen LogP contribution is 2.15. The fraction of sp³-hybridized carbons (Fsp3) is 0.167. The van der Waals surface area contributed by atoms with E-state index in [-0.39, 0.29) is 12.5 Å².